The predicted molar refractivity (Wildman–Crippen MR) is 95.0 cm³/mol. The van der Waals surface area contributed by atoms with Gasteiger partial charge in [0.15, 0.2) is 12.6 Å². The summed E-state index contributed by atoms with van der Waals surface area (Å²) in [7, 11) is 0. The Balaban J connectivity index is 1.54. The van der Waals surface area contributed by atoms with Crippen LogP contribution < -0.4 is 0 Å². The van der Waals surface area contributed by atoms with E-state index in [0.717, 1.165) is 16.9 Å². The Hall–Kier alpha value is -3.32. The maximum Gasteiger partial charge on any atom is 0.371 e. The first-order valence-corrected chi connectivity index (χ1v) is 8.60. The maximum absolute atomic E-state index is 11.2. The van der Waals surface area contributed by atoms with Crippen LogP contribution in [0.15, 0.2) is 75.5 Å². The third-order valence-electron chi connectivity index (χ3n) is 4.79. The molecule has 0 bridgehead atoms. The molecule has 136 valence electrons. The van der Waals surface area contributed by atoms with Gasteiger partial charge in [0.2, 0.25) is 5.76 Å². The fraction of sp³-hybridized carbons (Fsp3) is 0.200. The van der Waals surface area contributed by atoms with Gasteiger partial charge in [-0.05, 0) is 29.8 Å². The van der Waals surface area contributed by atoms with Gasteiger partial charge in [0.25, 0.3) is 0 Å². The van der Waals surface area contributed by atoms with E-state index in [2.05, 4.69) is 0 Å². The SMILES string of the molecule is O=C(O)c1ccc(C2=NN(Cc3ccccc3)C3C=C4OCOC4C=C23)o1. The fourth-order valence-electron chi connectivity index (χ4n) is 3.51. The van der Waals surface area contributed by atoms with Crippen LogP contribution in [-0.2, 0) is 16.0 Å². The zero-order valence-corrected chi connectivity index (χ0v) is 14.2. The molecule has 2 aliphatic heterocycles. The maximum atomic E-state index is 11.2. The minimum atomic E-state index is -1.11. The number of benzene rings is 1. The molecule has 2 unspecified atom stereocenters. The molecule has 5 rings (SSSR count). The Morgan fingerprint density at radius 2 is 2.04 bits per heavy atom. The van der Waals surface area contributed by atoms with E-state index in [1.54, 1.807) is 6.07 Å². The molecule has 0 saturated carbocycles. The number of fused-ring (bicyclic) bond motifs is 2. The van der Waals surface area contributed by atoms with Crippen molar-refractivity contribution in [3.63, 3.8) is 0 Å². The lowest BCUT2D eigenvalue weighted by atomic mass is 9.93. The number of aromatic carboxylic acids is 1. The van der Waals surface area contributed by atoms with E-state index in [1.165, 1.54) is 6.07 Å². The molecule has 1 aromatic heterocycles. The Morgan fingerprint density at radius 3 is 2.81 bits per heavy atom. The molecule has 7 heteroatoms. The van der Waals surface area contributed by atoms with Crippen LogP contribution in [0.4, 0.5) is 0 Å². The Morgan fingerprint density at radius 1 is 1.19 bits per heavy atom. The van der Waals surface area contributed by atoms with Crippen LogP contribution in [0.1, 0.15) is 21.9 Å². The van der Waals surface area contributed by atoms with Crippen LogP contribution in [0, 0.1) is 0 Å². The molecular formula is C20H16N2O5. The van der Waals surface area contributed by atoms with Gasteiger partial charge in [0.05, 0.1) is 12.6 Å². The number of hydrogen-bond donors (Lipinski definition) is 1. The van der Waals surface area contributed by atoms with Crippen LogP contribution in [0.2, 0.25) is 0 Å². The van der Waals surface area contributed by atoms with Crippen LogP contribution in [0.3, 0.4) is 0 Å². The second-order valence-electron chi connectivity index (χ2n) is 6.49. The average Bonchev–Trinajstić information content (AvgIpc) is 3.39. The number of carboxylic acid groups (broad SMARTS) is 1. The molecule has 3 heterocycles. The summed E-state index contributed by atoms with van der Waals surface area (Å²) in [5.74, 6) is -0.0115. The first kappa shape index (κ1) is 15.9. The van der Waals surface area contributed by atoms with E-state index >= 15 is 0 Å². The van der Waals surface area contributed by atoms with E-state index in [-0.39, 0.29) is 24.7 Å². The molecule has 1 fully saturated rings. The van der Waals surface area contributed by atoms with Crippen molar-refractivity contribution in [2.75, 3.05) is 6.79 Å². The van der Waals surface area contributed by atoms with Crippen molar-refractivity contribution < 1.29 is 23.8 Å². The average molecular weight is 364 g/mol. The van der Waals surface area contributed by atoms with E-state index in [0.29, 0.717) is 18.0 Å². The monoisotopic (exact) mass is 364 g/mol. The van der Waals surface area contributed by atoms with Crippen molar-refractivity contribution in [2.24, 2.45) is 5.10 Å². The molecule has 1 aromatic carbocycles. The highest BCUT2D eigenvalue weighted by atomic mass is 16.7. The lowest BCUT2D eigenvalue weighted by Gasteiger charge is -2.25. The van der Waals surface area contributed by atoms with Crippen molar-refractivity contribution in [1.82, 2.24) is 5.01 Å². The number of carbonyl (C=O) groups is 1. The molecular weight excluding hydrogens is 348 g/mol. The van der Waals surface area contributed by atoms with Gasteiger partial charge in [-0.25, -0.2) is 4.79 Å². The summed E-state index contributed by atoms with van der Waals surface area (Å²) in [5.41, 5.74) is 2.67. The highest BCUT2D eigenvalue weighted by Crippen LogP contribution is 2.36. The first-order valence-electron chi connectivity index (χ1n) is 8.60. The Labute approximate surface area is 154 Å². The summed E-state index contributed by atoms with van der Waals surface area (Å²) in [5, 5.41) is 15.8. The van der Waals surface area contributed by atoms with Crippen LogP contribution in [-0.4, -0.2) is 40.7 Å². The number of hydrazone groups is 1. The smallest absolute Gasteiger partial charge is 0.371 e. The highest BCUT2D eigenvalue weighted by Gasteiger charge is 2.39. The van der Waals surface area contributed by atoms with Gasteiger partial charge in [-0.3, -0.25) is 5.01 Å². The quantitative estimate of drug-likeness (QED) is 0.898. The molecule has 1 aliphatic carbocycles. The molecule has 0 amide bonds. The van der Waals surface area contributed by atoms with Crippen molar-refractivity contribution in [1.29, 1.82) is 0 Å². The van der Waals surface area contributed by atoms with Crippen LogP contribution >= 0.6 is 0 Å². The van der Waals surface area contributed by atoms with Crippen molar-refractivity contribution in [3.05, 3.63) is 83.0 Å². The van der Waals surface area contributed by atoms with Gasteiger partial charge >= 0.3 is 5.97 Å². The number of ether oxygens (including phenoxy) is 2. The summed E-state index contributed by atoms with van der Waals surface area (Å²) in [6, 6.07) is 13.0. The summed E-state index contributed by atoms with van der Waals surface area (Å²) in [4.78, 5) is 11.2. The first-order chi connectivity index (χ1) is 13.2. The molecule has 27 heavy (non-hydrogen) atoms. The minimum absolute atomic E-state index is 0.112. The van der Waals surface area contributed by atoms with Gasteiger partial charge in [0.1, 0.15) is 17.6 Å². The normalized spacial score (nSPS) is 23.1. The zero-order valence-electron chi connectivity index (χ0n) is 14.2. The number of rotatable bonds is 4. The second kappa shape index (κ2) is 6.14. The molecule has 1 saturated heterocycles. The van der Waals surface area contributed by atoms with Gasteiger partial charge in [-0.1, -0.05) is 30.3 Å². The summed E-state index contributed by atoms with van der Waals surface area (Å²) in [6.07, 6.45) is 3.74. The molecule has 0 radical (unpaired) electrons. The third-order valence-corrected chi connectivity index (χ3v) is 4.79. The topological polar surface area (TPSA) is 84.5 Å². The third kappa shape index (κ3) is 2.72. The number of hydrogen-bond acceptors (Lipinski definition) is 6. The van der Waals surface area contributed by atoms with Gasteiger partial charge in [0, 0.05) is 5.57 Å². The lowest BCUT2D eigenvalue weighted by molar-refractivity contribution is 0.0629. The van der Waals surface area contributed by atoms with E-state index in [1.807, 2.05) is 47.5 Å². The van der Waals surface area contributed by atoms with Crippen LogP contribution in [0.5, 0.6) is 0 Å². The standard InChI is InChI=1S/C20H16N2O5/c23-20(24)16-7-6-15(27-16)19-13-8-17-18(26-11-25-17)9-14(13)22(21-19)10-12-4-2-1-3-5-12/h1-9,14,17H,10-11H2,(H,23,24). The summed E-state index contributed by atoms with van der Waals surface area (Å²) >= 11 is 0. The largest absolute Gasteiger partial charge is 0.475 e. The highest BCUT2D eigenvalue weighted by molar-refractivity contribution is 6.13. The Kier molecular flexibility index (Phi) is 3.61. The summed E-state index contributed by atoms with van der Waals surface area (Å²) < 4.78 is 16.6. The molecule has 3 aliphatic rings. The molecule has 0 spiro atoms. The van der Waals surface area contributed by atoms with E-state index in [9.17, 15) is 4.79 Å². The van der Waals surface area contributed by atoms with Gasteiger partial charge in [-0.2, -0.15) is 5.10 Å². The number of furan rings is 1. The number of carboxylic acids is 1. The Bertz CT molecular complexity index is 989. The summed E-state index contributed by atoms with van der Waals surface area (Å²) in [6.45, 7) is 0.830. The fourth-order valence-corrected chi connectivity index (χ4v) is 3.51. The van der Waals surface area contributed by atoms with Crippen molar-refractivity contribution in [3.8, 4) is 0 Å². The van der Waals surface area contributed by atoms with E-state index in [4.69, 9.17) is 24.1 Å². The molecule has 1 N–H and O–H groups in total. The van der Waals surface area contributed by atoms with Crippen molar-refractivity contribution in [2.45, 2.75) is 18.7 Å². The minimum Gasteiger partial charge on any atom is -0.475 e. The predicted octanol–water partition coefficient (Wildman–Crippen LogP) is 2.76. The van der Waals surface area contributed by atoms with Gasteiger partial charge < -0.3 is 19.0 Å². The van der Waals surface area contributed by atoms with E-state index < -0.39 is 5.97 Å². The second-order valence-corrected chi connectivity index (χ2v) is 6.49. The number of nitrogens with zero attached hydrogens (tertiary/aromatic N) is 2. The lowest BCUT2D eigenvalue weighted by Crippen LogP contribution is -2.30. The van der Waals surface area contributed by atoms with Crippen LogP contribution in [0.25, 0.3) is 0 Å². The molecule has 2 aromatic rings. The molecule has 7 nitrogen and oxygen atoms in total. The zero-order chi connectivity index (χ0) is 18.4. The van der Waals surface area contributed by atoms with Gasteiger partial charge in [-0.15, -0.1) is 0 Å². The van der Waals surface area contributed by atoms with Crippen molar-refractivity contribution >= 4 is 11.7 Å². The molecule has 2 atom stereocenters.